The summed E-state index contributed by atoms with van der Waals surface area (Å²) < 4.78 is 0. The predicted octanol–water partition coefficient (Wildman–Crippen LogP) is 1.03. The number of aliphatic carboxylic acids is 1. The number of nitrogens with one attached hydrogen (secondary N) is 1. The molecule has 2 fully saturated rings. The Kier molecular flexibility index (Phi) is 5.15. The van der Waals surface area contributed by atoms with Crippen LogP contribution < -0.4 is 5.32 Å². The van der Waals surface area contributed by atoms with Crippen molar-refractivity contribution in [3.8, 4) is 0 Å². The van der Waals surface area contributed by atoms with Gasteiger partial charge in [0.05, 0.1) is 5.37 Å². The highest BCUT2D eigenvalue weighted by molar-refractivity contribution is 8.00. The van der Waals surface area contributed by atoms with E-state index in [1.165, 1.54) is 17.7 Å². The van der Waals surface area contributed by atoms with Crippen LogP contribution in [0.5, 0.6) is 0 Å². The van der Waals surface area contributed by atoms with Gasteiger partial charge in [0.2, 0.25) is 0 Å². The van der Waals surface area contributed by atoms with Gasteiger partial charge in [0.1, 0.15) is 6.04 Å². The van der Waals surface area contributed by atoms with Crippen molar-refractivity contribution < 1.29 is 14.7 Å². The molecule has 0 aromatic carbocycles. The van der Waals surface area contributed by atoms with Crippen LogP contribution in [0.2, 0.25) is 0 Å². The van der Waals surface area contributed by atoms with Crippen LogP contribution in [0, 0.1) is 0 Å². The Hall–Kier alpha value is -0.950. The molecule has 1 saturated carbocycles. The summed E-state index contributed by atoms with van der Waals surface area (Å²) in [7, 11) is 2.06. The minimum atomic E-state index is -0.918. The van der Waals surface area contributed by atoms with Gasteiger partial charge in [-0.2, -0.15) is 0 Å². The lowest BCUT2D eigenvalue weighted by molar-refractivity contribution is -0.141. The summed E-state index contributed by atoms with van der Waals surface area (Å²) >= 11 is 1.54. The smallest absolute Gasteiger partial charge is 0.327 e. The predicted molar refractivity (Wildman–Crippen MR) is 78.9 cm³/mol. The van der Waals surface area contributed by atoms with Gasteiger partial charge in [-0.25, -0.2) is 9.59 Å². The number of urea groups is 1. The first kappa shape index (κ1) is 15.4. The number of thioether (sulfide) groups is 1. The molecule has 1 aliphatic carbocycles. The van der Waals surface area contributed by atoms with Gasteiger partial charge in [-0.1, -0.05) is 6.92 Å². The fraction of sp³-hybridized carbons (Fsp3) is 0.846. The van der Waals surface area contributed by atoms with Gasteiger partial charge in [0.25, 0.3) is 0 Å². The van der Waals surface area contributed by atoms with E-state index in [9.17, 15) is 14.7 Å². The zero-order valence-electron chi connectivity index (χ0n) is 12.0. The standard InChI is InChI=1S/C13H23N3O3S/c1-3-11-16(10(8-20-11)12(17)18)13(19)14-6-7-15(2)9-4-5-9/h9-11H,3-8H2,1-2H3,(H,14,19)(H,17,18). The van der Waals surface area contributed by atoms with Crippen molar-refractivity contribution in [2.75, 3.05) is 25.9 Å². The zero-order chi connectivity index (χ0) is 14.7. The van der Waals surface area contributed by atoms with E-state index >= 15 is 0 Å². The highest BCUT2D eigenvalue weighted by Gasteiger charge is 2.40. The maximum atomic E-state index is 12.2. The third kappa shape index (κ3) is 3.58. The van der Waals surface area contributed by atoms with Crippen LogP contribution in [0.25, 0.3) is 0 Å². The Morgan fingerprint density at radius 2 is 2.15 bits per heavy atom. The lowest BCUT2D eigenvalue weighted by Gasteiger charge is -2.27. The summed E-state index contributed by atoms with van der Waals surface area (Å²) in [6, 6.07) is -0.283. The van der Waals surface area contributed by atoms with Gasteiger partial charge in [0, 0.05) is 24.9 Å². The van der Waals surface area contributed by atoms with E-state index in [2.05, 4.69) is 17.3 Å². The second kappa shape index (κ2) is 6.67. The van der Waals surface area contributed by atoms with E-state index in [1.807, 2.05) is 6.92 Å². The third-order valence-electron chi connectivity index (χ3n) is 3.87. The number of rotatable bonds is 6. The molecule has 2 N–H and O–H groups in total. The molecule has 6 nitrogen and oxygen atoms in total. The van der Waals surface area contributed by atoms with Gasteiger partial charge in [-0.05, 0) is 26.3 Å². The summed E-state index contributed by atoms with van der Waals surface area (Å²) in [5.41, 5.74) is 0. The molecule has 0 aromatic rings. The molecule has 1 heterocycles. The van der Waals surface area contributed by atoms with Crippen molar-refractivity contribution in [3.05, 3.63) is 0 Å². The Bertz CT molecular complexity index is 376. The molecule has 114 valence electrons. The zero-order valence-corrected chi connectivity index (χ0v) is 12.9. The van der Waals surface area contributed by atoms with Crippen molar-refractivity contribution in [3.63, 3.8) is 0 Å². The number of hydrogen-bond donors (Lipinski definition) is 2. The number of nitrogens with zero attached hydrogens (tertiary/aromatic N) is 2. The van der Waals surface area contributed by atoms with E-state index in [0.717, 1.165) is 13.0 Å². The number of carbonyl (C=O) groups excluding carboxylic acids is 1. The van der Waals surface area contributed by atoms with Gasteiger partial charge >= 0.3 is 12.0 Å². The molecule has 1 saturated heterocycles. The molecule has 0 radical (unpaired) electrons. The average Bonchev–Trinajstić information content (AvgIpc) is 3.16. The lowest BCUT2D eigenvalue weighted by Crippen LogP contribution is -2.51. The molecule has 20 heavy (non-hydrogen) atoms. The first-order chi connectivity index (χ1) is 9.54. The van der Waals surface area contributed by atoms with Crippen LogP contribution >= 0.6 is 11.8 Å². The van der Waals surface area contributed by atoms with Crippen molar-refractivity contribution in [1.82, 2.24) is 15.1 Å². The summed E-state index contributed by atoms with van der Waals surface area (Å²) in [5.74, 6) is -0.442. The van der Waals surface area contributed by atoms with Gasteiger partial charge in [0.15, 0.2) is 0 Å². The Balaban J connectivity index is 1.83. The van der Waals surface area contributed by atoms with Crippen molar-refractivity contribution >= 4 is 23.8 Å². The van der Waals surface area contributed by atoms with E-state index < -0.39 is 12.0 Å². The van der Waals surface area contributed by atoms with Crippen molar-refractivity contribution in [1.29, 1.82) is 0 Å². The second-order valence-electron chi connectivity index (χ2n) is 5.40. The topological polar surface area (TPSA) is 72.9 Å². The SMILES string of the molecule is CCC1SCC(C(=O)O)N1C(=O)NCCN(C)C1CC1. The fourth-order valence-electron chi connectivity index (χ4n) is 2.47. The molecular weight excluding hydrogens is 278 g/mol. The quantitative estimate of drug-likeness (QED) is 0.766. The number of hydrogen-bond acceptors (Lipinski definition) is 4. The van der Waals surface area contributed by atoms with Gasteiger partial charge in [-0.15, -0.1) is 11.8 Å². The summed E-state index contributed by atoms with van der Waals surface area (Å²) in [6.07, 6.45) is 3.25. The summed E-state index contributed by atoms with van der Waals surface area (Å²) in [5, 5.41) is 12.0. The maximum absolute atomic E-state index is 12.2. The maximum Gasteiger partial charge on any atom is 0.327 e. The largest absolute Gasteiger partial charge is 0.480 e. The molecule has 2 amide bonds. The first-order valence-corrected chi connectivity index (χ1v) is 8.20. The third-order valence-corrected chi connectivity index (χ3v) is 5.33. The van der Waals surface area contributed by atoms with E-state index in [1.54, 1.807) is 11.8 Å². The minimum absolute atomic E-state index is 0.0303. The van der Waals surface area contributed by atoms with Gasteiger partial charge in [-0.3, -0.25) is 4.90 Å². The van der Waals surface area contributed by atoms with Crippen LogP contribution in [0.15, 0.2) is 0 Å². The Labute approximate surface area is 123 Å². The molecule has 2 aliphatic rings. The highest BCUT2D eigenvalue weighted by atomic mass is 32.2. The van der Waals surface area contributed by atoms with Crippen LogP contribution in [0.1, 0.15) is 26.2 Å². The molecule has 0 spiro atoms. The van der Waals surface area contributed by atoms with E-state index in [-0.39, 0.29) is 11.4 Å². The van der Waals surface area contributed by atoms with Crippen molar-refractivity contribution in [2.45, 2.75) is 43.6 Å². The number of carboxylic acids is 1. The number of carbonyl (C=O) groups is 2. The Morgan fingerprint density at radius 1 is 1.45 bits per heavy atom. The molecule has 2 atom stereocenters. The molecule has 0 bridgehead atoms. The monoisotopic (exact) mass is 301 g/mol. The minimum Gasteiger partial charge on any atom is -0.480 e. The van der Waals surface area contributed by atoms with Gasteiger partial charge < -0.3 is 15.3 Å². The normalized spacial score (nSPS) is 26.1. The summed E-state index contributed by atoms with van der Waals surface area (Å²) in [6.45, 7) is 3.35. The van der Waals surface area contributed by atoms with E-state index in [4.69, 9.17) is 0 Å². The van der Waals surface area contributed by atoms with E-state index in [0.29, 0.717) is 18.3 Å². The van der Waals surface area contributed by atoms with Crippen LogP contribution in [0.4, 0.5) is 4.79 Å². The Morgan fingerprint density at radius 3 is 2.70 bits per heavy atom. The highest BCUT2D eigenvalue weighted by Crippen LogP contribution is 2.31. The molecule has 1 aliphatic heterocycles. The molecular formula is C13H23N3O3S. The molecule has 0 aromatic heterocycles. The van der Waals surface area contributed by atoms with Crippen LogP contribution in [-0.2, 0) is 4.79 Å². The fourth-order valence-corrected chi connectivity index (χ4v) is 3.82. The molecule has 2 unspecified atom stereocenters. The number of likely N-dealkylation sites (N-methyl/N-ethyl adjacent to an activating group) is 1. The second-order valence-corrected chi connectivity index (χ2v) is 6.61. The molecule has 2 rings (SSSR count). The molecule has 7 heteroatoms. The van der Waals surface area contributed by atoms with Crippen LogP contribution in [-0.4, -0.2) is 70.3 Å². The number of amides is 2. The first-order valence-electron chi connectivity index (χ1n) is 7.15. The number of carboxylic acid groups (broad SMARTS) is 1. The lowest BCUT2D eigenvalue weighted by atomic mass is 10.3. The van der Waals surface area contributed by atoms with Crippen molar-refractivity contribution in [2.24, 2.45) is 0 Å². The van der Waals surface area contributed by atoms with Crippen LogP contribution in [0.3, 0.4) is 0 Å². The average molecular weight is 301 g/mol. The summed E-state index contributed by atoms with van der Waals surface area (Å²) in [4.78, 5) is 27.2.